The van der Waals surface area contributed by atoms with Crippen LogP contribution in [0, 0.1) is 6.92 Å². The average molecular weight is 495 g/mol. The number of nitrogens with zero attached hydrogens (tertiary/aromatic N) is 1. The van der Waals surface area contributed by atoms with Crippen LogP contribution in [0.2, 0.25) is 0 Å². The lowest BCUT2D eigenvalue weighted by Gasteiger charge is -2.14. The van der Waals surface area contributed by atoms with Crippen LogP contribution in [0.15, 0.2) is 102 Å². The molecule has 0 heterocycles. The van der Waals surface area contributed by atoms with E-state index in [9.17, 15) is 4.79 Å². The van der Waals surface area contributed by atoms with Gasteiger partial charge < -0.3 is 14.2 Å². The van der Waals surface area contributed by atoms with Crippen LogP contribution in [0.3, 0.4) is 0 Å². The molecule has 1 amide bonds. The molecular weight excluding hydrogens is 464 g/mol. The van der Waals surface area contributed by atoms with Crippen molar-refractivity contribution in [1.29, 1.82) is 0 Å². The van der Waals surface area contributed by atoms with Gasteiger partial charge in [-0.3, -0.25) is 4.79 Å². The summed E-state index contributed by atoms with van der Waals surface area (Å²) in [6, 6.07) is 30.7. The van der Waals surface area contributed by atoms with Gasteiger partial charge in [-0.05, 0) is 79.1 Å². The second-order valence-corrected chi connectivity index (χ2v) is 8.41. The van der Waals surface area contributed by atoms with Gasteiger partial charge in [0.25, 0.3) is 5.91 Å². The zero-order valence-corrected chi connectivity index (χ0v) is 21.0. The molecule has 0 aliphatic carbocycles. The predicted octanol–water partition coefficient (Wildman–Crippen LogP) is 6.32. The largest absolute Gasteiger partial charge is 0.490 e. The molecule has 0 fully saturated rings. The van der Waals surface area contributed by atoms with E-state index in [-0.39, 0.29) is 5.91 Å². The molecule has 0 aliphatic rings. The third-order valence-electron chi connectivity index (χ3n) is 5.52. The fourth-order valence-corrected chi connectivity index (χ4v) is 3.52. The van der Waals surface area contributed by atoms with E-state index in [1.54, 1.807) is 18.3 Å². The van der Waals surface area contributed by atoms with Gasteiger partial charge in [-0.15, -0.1) is 0 Å². The van der Waals surface area contributed by atoms with Crippen molar-refractivity contribution in [3.63, 3.8) is 0 Å². The van der Waals surface area contributed by atoms with Gasteiger partial charge in [0.05, 0.1) is 12.8 Å². The van der Waals surface area contributed by atoms with E-state index in [4.69, 9.17) is 14.2 Å². The topological polar surface area (TPSA) is 69.2 Å². The number of aryl methyl sites for hydroxylation is 1. The van der Waals surface area contributed by atoms with E-state index in [0.717, 1.165) is 28.0 Å². The van der Waals surface area contributed by atoms with Crippen molar-refractivity contribution in [1.82, 2.24) is 5.43 Å². The molecule has 188 valence electrons. The molecule has 0 unspecified atom stereocenters. The Morgan fingerprint density at radius 1 is 0.784 bits per heavy atom. The number of ether oxygens (including phenoxy) is 3. The molecule has 6 heteroatoms. The van der Waals surface area contributed by atoms with E-state index in [0.29, 0.717) is 36.9 Å². The summed E-state index contributed by atoms with van der Waals surface area (Å²) < 4.78 is 17.7. The van der Waals surface area contributed by atoms with Crippen LogP contribution < -0.4 is 19.6 Å². The summed E-state index contributed by atoms with van der Waals surface area (Å²) in [5.74, 6) is 1.87. The van der Waals surface area contributed by atoms with Crippen LogP contribution in [0.4, 0.5) is 0 Å². The predicted molar refractivity (Wildman–Crippen MR) is 145 cm³/mol. The second-order valence-electron chi connectivity index (χ2n) is 8.41. The lowest BCUT2D eigenvalue weighted by molar-refractivity contribution is 0.0955. The summed E-state index contributed by atoms with van der Waals surface area (Å²) in [6.07, 6.45) is 1.60. The van der Waals surface area contributed by atoms with Crippen molar-refractivity contribution in [2.45, 2.75) is 27.1 Å². The number of benzene rings is 4. The maximum atomic E-state index is 12.1. The highest BCUT2D eigenvalue weighted by molar-refractivity contribution is 5.94. The monoisotopic (exact) mass is 494 g/mol. The van der Waals surface area contributed by atoms with Gasteiger partial charge in [0.2, 0.25) is 0 Å². The quantitative estimate of drug-likeness (QED) is 0.196. The van der Waals surface area contributed by atoms with Gasteiger partial charge in [0.15, 0.2) is 11.5 Å². The Labute approximate surface area is 217 Å². The van der Waals surface area contributed by atoms with E-state index in [1.807, 2.05) is 98.8 Å². The molecule has 0 bridgehead atoms. The Morgan fingerprint density at radius 2 is 1.51 bits per heavy atom. The van der Waals surface area contributed by atoms with E-state index < -0.39 is 0 Å². The Hall–Kier alpha value is -4.58. The zero-order chi connectivity index (χ0) is 25.9. The molecule has 0 aromatic heterocycles. The van der Waals surface area contributed by atoms with Crippen LogP contribution in [-0.4, -0.2) is 18.7 Å². The molecule has 4 aromatic carbocycles. The van der Waals surface area contributed by atoms with Crippen molar-refractivity contribution in [3.8, 4) is 17.2 Å². The Morgan fingerprint density at radius 3 is 2.24 bits per heavy atom. The van der Waals surface area contributed by atoms with Crippen LogP contribution in [0.1, 0.15) is 39.5 Å². The minimum absolute atomic E-state index is 0.251. The fourth-order valence-electron chi connectivity index (χ4n) is 3.52. The van der Waals surface area contributed by atoms with Crippen LogP contribution in [0.25, 0.3) is 0 Å². The van der Waals surface area contributed by atoms with Gasteiger partial charge in [0.1, 0.15) is 19.0 Å². The van der Waals surface area contributed by atoms with Crippen LogP contribution >= 0.6 is 0 Å². The number of rotatable bonds is 11. The molecule has 0 saturated carbocycles. The summed E-state index contributed by atoms with van der Waals surface area (Å²) in [6.45, 7) is 5.33. The molecule has 37 heavy (non-hydrogen) atoms. The molecule has 4 aromatic rings. The number of hydrogen-bond donors (Lipinski definition) is 1. The van der Waals surface area contributed by atoms with E-state index in [1.165, 1.54) is 0 Å². The van der Waals surface area contributed by atoms with Crippen molar-refractivity contribution in [2.75, 3.05) is 6.61 Å². The second kappa shape index (κ2) is 12.9. The lowest BCUT2D eigenvalue weighted by Crippen LogP contribution is -2.17. The fraction of sp³-hybridized carbons (Fsp3) is 0.161. The Bertz CT molecular complexity index is 1320. The first-order chi connectivity index (χ1) is 18.1. The summed E-state index contributed by atoms with van der Waals surface area (Å²) in [4.78, 5) is 12.1. The molecule has 0 saturated heterocycles. The highest BCUT2D eigenvalue weighted by Crippen LogP contribution is 2.30. The van der Waals surface area contributed by atoms with Crippen molar-refractivity contribution in [2.24, 2.45) is 5.10 Å². The summed E-state index contributed by atoms with van der Waals surface area (Å²) in [7, 11) is 0. The molecule has 0 radical (unpaired) electrons. The molecule has 0 atom stereocenters. The normalized spacial score (nSPS) is 10.8. The maximum absolute atomic E-state index is 12.1. The minimum atomic E-state index is -0.251. The minimum Gasteiger partial charge on any atom is -0.490 e. The van der Waals surface area contributed by atoms with Gasteiger partial charge in [-0.1, -0.05) is 54.1 Å². The molecule has 1 N–H and O–H groups in total. The molecule has 6 nitrogen and oxygen atoms in total. The maximum Gasteiger partial charge on any atom is 0.271 e. The third kappa shape index (κ3) is 7.70. The smallest absolute Gasteiger partial charge is 0.271 e. The van der Waals surface area contributed by atoms with Gasteiger partial charge >= 0.3 is 0 Å². The molecular formula is C31H30N2O4. The molecule has 4 rings (SSSR count). The number of carbonyl (C=O) groups excluding carboxylic acids is 1. The average Bonchev–Trinajstić information content (AvgIpc) is 2.93. The van der Waals surface area contributed by atoms with Gasteiger partial charge in [-0.25, -0.2) is 5.43 Å². The SMILES string of the molecule is CCOc1cc(COc2ccc(/C=N/NC(=O)c3ccc(C)cc3)cc2)ccc1OCc1ccccc1. The summed E-state index contributed by atoms with van der Waals surface area (Å²) >= 11 is 0. The standard InChI is InChI=1S/C31H30N2O4/c1-3-35-30-19-26(13-18-29(30)37-21-25-7-5-4-6-8-25)22-36-28-16-11-24(12-17-28)20-32-33-31(34)27-14-9-23(2)10-15-27/h4-20H,3,21-22H2,1-2H3,(H,33,34)/b32-20+. The van der Waals surface area contributed by atoms with Gasteiger partial charge in [-0.2, -0.15) is 5.10 Å². The first-order valence-corrected chi connectivity index (χ1v) is 12.2. The first-order valence-electron chi connectivity index (χ1n) is 12.2. The Kier molecular flexibility index (Phi) is 8.92. The zero-order valence-electron chi connectivity index (χ0n) is 21.0. The number of hydrogen-bond acceptors (Lipinski definition) is 5. The van der Waals surface area contributed by atoms with Crippen LogP contribution in [-0.2, 0) is 13.2 Å². The highest BCUT2D eigenvalue weighted by Gasteiger charge is 2.08. The summed E-state index contributed by atoms with van der Waals surface area (Å²) in [5.41, 5.74) is 7.12. The van der Waals surface area contributed by atoms with Gasteiger partial charge in [0, 0.05) is 5.56 Å². The van der Waals surface area contributed by atoms with Crippen molar-refractivity contribution in [3.05, 3.63) is 125 Å². The number of carbonyl (C=O) groups is 1. The third-order valence-corrected chi connectivity index (χ3v) is 5.52. The number of hydrazone groups is 1. The highest BCUT2D eigenvalue weighted by atomic mass is 16.5. The van der Waals surface area contributed by atoms with Crippen molar-refractivity contribution < 1.29 is 19.0 Å². The summed E-state index contributed by atoms with van der Waals surface area (Å²) in [5, 5.41) is 4.04. The number of amides is 1. The molecule has 0 spiro atoms. The first kappa shape index (κ1) is 25.5. The van der Waals surface area contributed by atoms with Crippen molar-refractivity contribution >= 4 is 12.1 Å². The van der Waals surface area contributed by atoms with E-state index in [2.05, 4.69) is 10.5 Å². The lowest BCUT2D eigenvalue weighted by atomic mass is 10.1. The Balaban J connectivity index is 1.29. The number of nitrogens with one attached hydrogen (secondary N) is 1. The molecule has 0 aliphatic heterocycles. The van der Waals surface area contributed by atoms with Crippen LogP contribution in [0.5, 0.6) is 17.2 Å². The van der Waals surface area contributed by atoms with E-state index >= 15 is 0 Å².